The molecule has 0 amide bonds. The van der Waals surface area contributed by atoms with Gasteiger partial charge in [0.2, 0.25) is 0 Å². The average molecular weight is 335 g/mol. The summed E-state index contributed by atoms with van der Waals surface area (Å²) in [4.78, 5) is 4.37. The molecule has 128 valence electrons. The summed E-state index contributed by atoms with van der Waals surface area (Å²) in [6.45, 7) is 1.59. The van der Waals surface area contributed by atoms with E-state index in [1.54, 1.807) is 6.20 Å². The molecule has 1 fully saturated rings. The summed E-state index contributed by atoms with van der Waals surface area (Å²) in [5.74, 6) is 0.505. The fraction of sp³-hybridized carbons (Fsp3) is 0.263. The van der Waals surface area contributed by atoms with Gasteiger partial charge in [0.1, 0.15) is 5.82 Å². The normalized spacial score (nSPS) is 15.4. The molecule has 1 aliphatic rings. The number of rotatable bonds is 3. The summed E-state index contributed by atoms with van der Waals surface area (Å²) >= 11 is 0. The van der Waals surface area contributed by atoms with Gasteiger partial charge >= 0.3 is 0 Å². The van der Waals surface area contributed by atoms with Gasteiger partial charge in [0, 0.05) is 48.0 Å². The number of pyridine rings is 1. The van der Waals surface area contributed by atoms with Gasteiger partial charge in [-0.25, -0.2) is 4.98 Å². The predicted octanol–water partition coefficient (Wildman–Crippen LogP) is 3.13. The van der Waals surface area contributed by atoms with Crippen molar-refractivity contribution < 1.29 is 4.74 Å². The lowest BCUT2D eigenvalue weighted by Crippen LogP contribution is -2.19. The molecule has 4 rings (SSSR count). The van der Waals surface area contributed by atoms with Crippen LogP contribution in [0.4, 0.5) is 11.5 Å². The number of nitrogen functional groups attached to an aromatic ring is 2. The molecule has 0 spiro atoms. The molecule has 0 unspecified atom stereocenters. The Bertz CT molecular complexity index is 866. The number of benzene rings is 1. The van der Waals surface area contributed by atoms with Crippen LogP contribution in [0.25, 0.3) is 22.3 Å². The zero-order valence-electron chi connectivity index (χ0n) is 13.9. The summed E-state index contributed by atoms with van der Waals surface area (Å²) in [5.41, 5.74) is 16.5. The summed E-state index contributed by atoms with van der Waals surface area (Å²) < 4.78 is 7.46. The van der Waals surface area contributed by atoms with Gasteiger partial charge in [0.05, 0.1) is 12.2 Å². The van der Waals surface area contributed by atoms with Crippen LogP contribution in [0.2, 0.25) is 0 Å². The van der Waals surface area contributed by atoms with Crippen LogP contribution < -0.4 is 11.5 Å². The van der Waals surface area contributed by atoms with Crippen molar-refractivity contribution >= 4 is 11.5 Å². The summed E-state index contributed by atoms with van der Waals surface area (Å²) in [6.07, 6.45) is 7.75. The fourth-order valence-electron chi connectivity index (χ4n) is 3.16. The molecule has 1 aromatic carbocycles. The number of hydrogen-bond donors (Lipinski definition) is 2. The van der Waals surface area contributed by atoms with Crippen LogP contribution in [0.15, 0.2) is 48.9 Å². The third-order valence-corrected chi connectivity index (χ3v) is 4.64. The van der Waals surface area contributed by atoms with Gasteiger partial charge in [-0.05, 0) is 36.6 Å². The minimum absolute atomic E-state index is 0.404. The molecule has 0 aliphatic carbocycles. The summed E-state index contributed by atoms with van der Waals surface area (Å²) in [6, 6.07) is 10.1. The molecule has 3 heterocycles. The lowest BCUT2D eigenvalue weighted by Gasteiger charge is -2.22. The molecular formula is C19H21N5O. The number of nitrogens with zero attached hydrogens (tertiary/aromatic N) is 3. The largest absolute Gasteiger partial charge is 0.399 e. The van der Waals surface area contributed by atoms with Crippen LogP contribution in [0, 0.1) is 0 Å². The molecule has 6 heteroatoms. The standard InChI is InChI=1S/C19H21N5O/c20-16-3-1-13(2-4-16)18-9-14(10-22-19(18)21)15-11-23-24(12-15)17-5-7-25-8-6-17/h1-4,9-12,17H,5-8,20H2,(H2,21,22). The Morgan fingerprint density at radius 2 is 1.72 bits per heavy atom. The maximum absolute atomic E-state index is 6.08. The molecule has 4 N–H and O–H groups in total. The van der Waals surface area contributed by atoms with Crippen molar-refractivity contribution in [1.29, 1.82) is 0 Å². The van der Waals surface area contributed by atoms with E-state index in [9.17, 15) is 0 Å². The van der Waals surface area contributed by atoms with E-state index in [2.05, 4.69) is 22.3 Å². The van der Waals surface area contributed by atoms with Gasteiger partial charge in [0.15, 0.2) is 0 Å². The van der Waals surface area contributed by atoms with Crippen molar-refractivity contribution in [2.45, 2.75) is 18.9 Å². The molecule has 0 radical (unpaired) electrons. The highest BCUT2D eigenvalue weighted by Crippen LogP contribution is 2.30. The van der Waals surface area contributed by atoms with Crippen molar-refractivity contribution in [2.24, 2.45) is 0 Å². The molecule has 1 saturated heterocycles. The van der Waals surface area contributed by atoms with Gasteiger partial charge in [-0.2, -0.15) is 5.10 Å². The number of hydrogen-bond acceptors (Lipinski definition) is 5. The molecule has 6 nitrogen and oxygen atoms in total. The second kappa shape index (κ2) is 6.57. The van der Waals surface area contributed by atoms with Crippen molar-refractivity contribution in [3.63, 3.8) is 0 Å². The van der Waals surface area contributed by atoms with Crippen LogP contribution in [-0.2, 0) is 4.74 Å². The third-order valence-electron chi connectivity index (χ3n) is 4.64. The first kappa shape index (κ1) is 15.7. The minimum atomic E-state index is 0.404. The fourth-order valence-corrected chi connectivity index (χ4v) is 3.16. The number of anilines is 2. The van der Waals surface area contributed by atoms with Gasteiger partial charge < -0.3 is 16.2 Å². The minimum Gasteiger partial charge on any atom is -0.399 e. The molecule has 0 atom stereocenters. The third kappa shape index (κ3) is 3.21. The van der Waals surface area contributed by atoms with Crippen molar-refractivity contribution in [3.05, 3.63) is 48.9 Å². The summed E-state index contributed by atoms with van der Waals surface area (Å²) in [7, 11) is 0. The molecule has 25 heavy (non-hydrogen) atoms. The lowest BCUT2D eigenvalue weighted by molar-refractivity contribution is 0.0662. The van der Waals surface area contributed by atoms with E-state index in [1.165, 1.54) is 0 Å². The Labute approximate surface area is 146 Å². The molecule has 1 aliphatic heterocycles. The maximum atomic E-state index is 6.08. The van der Waals surface area contributed by atoms with E-state index in [4.69, 9.17) is 16.2 Å². The molecule has 0 bridgehead atoms. The first-order valence-electron chi connectivity index (χ1n) is 8.44. The van der Waals surface area contributed by atoms with Crippen LogP contribution in [-0.4, -0.2) is 28.0 Å². The topological polar surface area (TPSA) is 92.0 Å². The Hall–Kier alpha value is -2.86. The monoisotopic (exact) mass is 335 g/mol. The van der Waals surface area contributed by atoms with Gasteiger partial charge in [-0.1, -0.05) is 12.1 Å². The quantitative estimate of drug-likeness (QED) is 0.718. The van der Waals surface area contributed by atoms with E-state index in [1.807, 2.05) is 35.1 Å². The van der Waals surface area contributed by atoms with Gasteiger partial charge in [-0.15, -0.1) is 0 Å². The Kier molecular flexibility index (Phi) is 4.11. The van der Waals surface area contributed by atoms with E-state index < -0.39 is 0 Å². The maximum Gasteiger partial charge on any atom is 0.131 e. The number of nitrogens with two attached hydrogens (primary N) is 2. The van der Waals surface area contributed by atoms with Crippen molar-refractivity contribution in [1.82, 2.24) is 14.8 Å². The highest BCUT2D eigenvalue weighted by molar-refractivity contribution is 5.79. The van der Waals surface area contributed by atoms with Gasteiger partial charge in [0.25, 0.3) is 0 Å². The van der Waals surface area contributed by atoms with Crippen LogP contribution >= 0.6 is 0 Å². The average Bonchev–Trinajstić information content (AvgIpc) is 3.14. The Morgan fingerprint density at radius 1 is 0.960 bits per heavy atom. The highest BCUT2D eigenvalue weighted by atomic mass is 16.5. The van der Waals surface area contributed by atoms with Crippen LogP contribution in [0.1, 0.15) is 18.9 Å². The Morgan fingerprint density at radius 3 is 2.48 bits per heavy atom. The second-order valence-corrected chi connectivity index (χ2v) is 6.33. The van der Waals surface area contributed by atoms with Crippen LogP contribution in [0.5, 0.6) is 0 Å². The Balaban J connectivity index is 1.66. The lowest BCUT2D eigenvalue weighted by atomic mass is 10.0. The highest BCUT2D eigenvalue weighted by Gasteiger charge is 2.17. The van der Waals surface area contributed by atoms with Crippen molar-refractivity contribution in [3.8, 4) is 22.3 Å². The first-order valence-corrected chi connectivity index (χ1v) is 8.44. The van der Waals surface area contributed by atoms with E-state index >= 15 is 0 Å². The van der Waals surface area contributed by atoms with E-state index in [0.29, 0.717) is 11.9 Å². The zero-order valence-corrected chi connectivity index (χ0v) is 13.9. The zero-order chi connectivity index (χ0) is 17.2. The summed E-state index contributed by atoms with van der Waals surface area (Å²) in [5, 5.41) is 4.54. The molecule has 3 aromatic rings. The van der Waals surface area contributed by atoms with Crippen molar-refractivity contribution in [2.75, 3.05) is 24.7 Å². The molecule has 2 aromatic heterocycles. The number of ether oxygens (including phenoxy) is 1. The van der Waals surface area contributed by atoms with Crippen LogP contribution in [0.3, 0.4) is 0 Å². The van der Waals surface area contributed by atoms with E-state index in [-0.39, 0.29) is 0 Å². The number of aromatic nitrogens is 3. The predicted molar refractivity (Wildman–Crippen MR) is 98.8 cm³/mol. The smallest absolute Gasteiger partial charge is 0.131 e. The first-order chi connectivity index (χ1) is 12.2. The van der Waals surface area contributed by atoms with E-state index in [0.717, 1.165) is 54.0 Å². The second-order valence-electron chi connectivity index (χ2n) is 6.33. The molecular weight excluding hydrogens is 314 g/mol. The SMILES string of the molecule is Nc1ccc(-c2cc(-c3cnn(C4CCOCC4)c3)cnc2N)cc1. The molecule has 0 saturated carbocycles. The van der Waals surface area contributed by atoms with Gasteiger partial charge in [-0.3, -0.25) is 4.68 Å².